The summed E-state index contributed by atoms with van der Waals surface area (Å²) in [6, 6.07) is 0. The number of hydrogen-bond donors (Lipinski definition) is 1. The Morgan fingerprint density at radius 3 is 0.802 bits per heavy atom. The summed E-state index contributed by atoms with van der Waals surface area (Å²) in [7, 11) is 0. The SMILES string of the molecule is CC/C=C\C/C=C\C/C=C\C/C=C\C/C=C\C/C=C\CCCCCCCCCCCCCCCCCCCCC(=O)OC(CO)COC(=O)CCCCCCCCCCCCCCCCCCCCCCCCCCCCCCCC. The van der Waals surface area contributed by atoms with Gasteiger partial charge in [-0.1, -0.05) is 376 Å². The summed E-state index contributed by atoms with van der Waals surface area (Å²) in [5.41, 5.74) is 0. The molecule has 1 unspecified atom stereocenters. The molecule has 0 aromatic carbocycles. The molecule has 472 valence electrons. The van der Waals surface area contributed by atoms with Gasteiger partial charge in [-0.15, -0.1) is 0 Å². The van der Waals surface area contributed by atoms with Crippen LogP contribution in [0, 0.1) is 0 Å². The van der Waals surface area contributed by atoms with E-state index in [4.69, 9.17) is 9.47 Å². The van der Waals surface area contributed by atoms with Gasteiger partial charge >= 0.3 is 11.9 Å². The monoisotopic (exact) mass is 1130 g/mol. The van der Waals surface area contributed by atoms with Crippen LogP contribution in [0.3, 0.4) is 0 Å². The smallest absolute Gasteiger partial charge is 0.306 e. The van der Waals surface area contributed by atoms with Gasteiger partial charge in [0.1, 0.15) is 6.61 Å². The normalized spacial score (nSPS) is 12.6. The largest absolute Gasteiger partial charge is 0.462 e. The Balaban J connectivity index is 3.41. The summed E-state index contributed by atoms with van der Waals surface area (Å²) in [4.78, 5) is 24.7. The van der Waals surface area contributed by atoms with Crippen molar-refractivity contribution in [2.75, 3.05) is 13.2 Å². The molecule has 1 N–H and O–H groups in total. The van der Waals surface area contributed by atoms with E-state index in [1.54, 1.807) is 0 Å². The number of carbonyl (C=O) groups is 2. The molecule has 0 fully saturated rings. The lowest BCUT2D eigenvalue weighted by molar-refractivity contribution is -0.161. The van der Waals surface area contributed by atoms with Gasteiger partial charge in [0.25, 0.3) is 0 Å². The summed E-state index contributed by atoms with van der Waals surface area (Å²) in [6.07, 6.45) is 99.5. The zero-order chi connectivity index (χ0) is 58.4. The molecule has 0 aliphatic rings. The van der Waals surface area contributed by atoms with E-state index in [9.17, 15) is 14.7 Å². The van der Waals surface area contributed by atoms with E-state index in [-0.39, 0.29) is 25.2 Å². The topological polar surface area (TPSA) is 72.8 Å². The fraction of sp³-hybridized carbons (Fsp3) is 0.816. The molecule has 0 aromatic heterocycles. The molecule has 0 amide bonds. The fourth-order valence-electron chi connectivity index (χ4n) is 10.9. The molecule has 0 saturated carbocycles. The van der Waals surface area contributed by atoms with Crippen molar-refractivity contribution in [3.05, 3.63) is 72.9 Å². The van der Waals surface area contributed by atoms with Gasteiger partial charge in [0, 0.05) is 12.8 Å². The molecule has 0 aliphatic carbocycles. The minimum absolute atomic E-state index is 0.0611. The summed E-state index contributed by atoms with van der Waals surface area (Å²) in [6.45, 7) is 4.08. The Labute approximate surface area is 505 Å². The Morgan fingerprint density at radius 1 is 0.296 bits per heavy atom. The van der Waals surface area contributed by atoms with Gasteiger partial charge in [0.05, 0.1) is 6.61 Å². The summed E-state index contributed by atoms with van der Waals surface area (Å²) in [5, 5.41) is 9.71. The van der Waals surface area contributed by atoms with Crippen molar-refractivity contribution in [2.24, 2.45) is 0 Å². The number of unbranched alkanes of at least 4 members (excludes halogenated alkanes) is 47. The number of aliphatic hydroxyl groups excluding tert-OH is 1. The first-order valence-electron chi connectivity index (χ1n) is 36.0. The van der Waals surface area contributed by atoms with Crippen LogP contribution in [0.4, 0.5) is 0 Å². The number of aliphatic hydroxyl groups is 1. The molecule has 0 spiro atoms. The second-order valence-corrected chi connectivity index (χ2v) is 24.3. The van der Waals surface area contributed by atoms with Gasteiger partial charge in [0.15, 0.2) is 6.10 Å². The van der Waals surface area contributed by atoms with Crippen molar-refractivity contribution >= 4 is 11.9 Å². The Hall–Kier alpha value is -2.66. The van der Waals surface area contributed by atoms with Crippen LogP contribution in [0.1, 0.15) is 380 Å². The predicted octanol–water partition coefficient (Wildman–Crippen LogP) is 25.0. The first-order valence-corrected chi connectivity index (χ1v) is 36.0. The Bertz CT molecular complexity index is 1420. The first kappa shape index (κ1) is 78.3. The fourth-order valence-corrected chi connectivity index (χ4v) is 10.9. The third-order valence-electron chi connectivity index (χ3n) is 16.3. The Morgan fingerprint density at radius 2 is 0.531 bits per heavy atom. The van der Waals surface area contributed by atoms with E-state index >= 15 is 0 Å². The second-order valence-electron chi connectivity index (χ2n) is 24.3. The molecule has 5 heteroatoms. The van der Waals surface area contributed by atoms with Crippen LogP contribution in [0.5, 0.6) is 0 Å². The molecule has 81 heavy (non-hydrogen) atoms. The summed E-state index contributed by atoms with van der Waals surface area (Å²) in [5.74, 6) is -0.569. The number of carbonyl (C=O) groups excluding carboxylic acids is 2. The van der Waals surface area contributed by atoms with E-state index in [1.807, 2.05) is 0 Å². The van der Waals surface area contributed by atoms with Crippen LogP contribution >= 0.6 is 0 Å². The average molecular weight is 1130 g/mol. The highest BCUT2D eigenvalue weighted by molar-refractivity contribution is 5.70. The van der Waals surface area contributed by atoms with Crippen LogP contribution < -0.4 is 0 Å². The van der Waals surface area contributed by atoms with E-state index in [1.165, 1.54) is 283 Å². The van der Waals surface area contributed by atoms with Crippen LogP contribution in [0.15, 0.2) is 72.9 Å². The second kappa shape index (κ2) is 71.6. The van der Waals surface area contributed by atoms with Gasteiger partial charge in [-0.25, -0.2) is 0 Å². The maximum Gasteiger partial charge on any atom is 0.306 e. The summed E-state index contributed by atoms with van der Waals surface area (Å²) >= 11 is 0. The van der Waals surface area contributed by atoms with Crippen molar-refractivity contribution in [1.82, 2.24) is 0 Å². The lowest BCUT2D eigenvalue weighted by Crippen LogP contribution is -2.28. The highest BCUT2D eigenvalue weighted by Gasteiger charge is 2.16. The van der Waals surface area contributed by atoms with Crippen LogP contribution in [0.2, 0.25) is 0 Å². The van der Waals surface area contributed by atoms with Crippen molar-refractivity contribution < 1.29 is 24.2 Å². The zero-order valence-electron chi connectivity index (χ0n) is 54.3. The van der Waals surface area contributed by atoms with Gasteiger partial charge in [-0.2, -0.15) is 0 Å². The van der Waals surface area contributed by atoms with Crippen LogP contribution in [-0.2, 0) is 19.1 Å². The quantitative estimate of drug-likeness (QED) is 0.0373. The number of ether oxygens (including phenoxy) is 2. The molecule has 0 radical (unpaired) electrons. The van der Waals surface area contributed by atoms with Crippen molar-refractivity contribution in [2.45, 2.75) is 386 Å². The van der Waals surface area contributed by atoms with Crippen molar-refractivity contribution in [1.29, 1.82) is 0 Å². The van der Waals surface area contributed by atoms with E-state index in [0.29, 0.717) is 12.8 Å². The number of allylic oxidation sites excluding steroid dienone is 12. The third-order valence-corrected chi connectivity index (χ3v) is 16.3. The average Bonchev–Trinajstić information content (AvgIpc) is 3.47. The van der Waals surface area contributed by atoms with Crippen molar-refractivity contribution in [3.63, 3.8) is 0 Å². The number of esters is 2. The molecule has 0 aliphatic heterocycles. The third kappa shape index (κ3) is 69.7. The minimum atomic E-state index is -0.772. The molecule has 0 heterocycles. The lowest BCUT2D eigenvalue weighted by Gasteiger charge is -2.15. The lowest BCUT2D eigenvalue weighted by atomic mass is 10.0. The van der Waals surface area contributed by atoms with Gasteiger partial charge in [0.2, 0.25) is 0 Å². The number of rotatable bonds is 67. The number of hydrogen-bond acceptors (Lipinski definition) is 5. The van der Waals surface area contributed by atoms with Gasteiger partial charge in [-0.05, 0) is 64.2 Å². The maximum atomic E-state index is 12.4. The Kier molecular flexibility index (Phi) is 69.3. The summed E-state index contributed by atoms with van der Waals surface area (Å²) < 4.78 is 10.8. The minimum Gasteiger partial charge on any atom is -0.462 e. The highest BCUT2D eigenvalue weighted by Crippen LogP contribution is 2.19. The van der Waals surface area contributed by atoms with Gasteiger partial charge < -0.3 is 14.6 Å². The standard InChI is InChI=1S/C76H138O5/c1-3-5-7-9-11-13-15-17-19-21-23-25-27-29-31-33-35-36-37-38-39-40-41-43-45-47-49-51-53-55-57-59-61-63-65-67-69-71-76(79)81-74(72-77)73-80-75(78)70-68-66-64-62-60-58-56-54-52-50-48-46-44-42-34-32-30-28-26-24-22-20-18-16-14-12-10-8-6-4-2/h5,7,11,13,17,19,23,25,29,31,35-36,74,77H,3-4,6,8-10,12,14-16,18,20-22,24,26-28,30,32-34,37-73H2,1-2H3/b7-5-,13-11-,19-17-,25-23-,31-29-,36-35-. The molecular weight excluding hydrogens is 993 g/mol. The molecule has 5 nitrogen and oxygen atoms in total. The van der Waals surface area contributed by atoms with Gasteiger partial charge in [-0.3, -0.25) is 9.59 Å². The highest BCUT2D eigenvalue weighted by atomic mass is 16.6. The van der Waals surface area contributed by atoms with E-state index < -0.39 is 6.10 Å². The molecular formula is C76H138O5. The van der Waals surface area contributed by atoms with Crippen LogP contribution in [-0.4, -0.2) is 36.4 Å². The van der Waals surface area contributed by atoms with Crippen molar-refractivity contribution in [3.8, 4) is 0 Å². The molecule has 0 saturated heterocycles. The maximum absolute atomic E-state index is 12.4. The van der Waals surface area contributed by atoms with Crippen LogP contribution in [0.25, 0.3) is 0 Å². The van der Waals surface area contributed by atoms with E-state index in [0.717, 1.165) is 70.6 Å². The van der Waals surface area contributed by atoms with E-state index in [2.05, 4.69) is 86.8 Å². The molecule has 1 atom stereocenters. The molecule has 0 rings (SSSR count). The first-order chi connectivity index (χ1) is 40.1. The predicted molar refractivity (Wildman–Crippen MR) is 357 cm³/mol. The zero-order valence-corrected chi connectivity index (χ0v) is 54.3. The molecule has 0 aromatic rings. The molecule has 0 bridgehead atoms.